The van der Waals surface area contributed by atoms with E-state index < -0.39 is 5.97 Å². The van der Waals surface area contributed by atoms with Crippen LogP contribution in [0, 0.1) is 30.5 Å². The van der Waals surface area contributed by atoms with Gasteiger partial charge in [0.25, 0.3) is 5.91 Å². The second-order valence-electron chi connectivity index (χ2n) is 10.4. The standard InChI is InChI=1S/C25H31FN2O3/c1-16-10-21(17(2)28(16)19-8-6-18(26)7-9-19)23(30)31-13-22(29)27-15-25(5)12-20(27)11-24(3,4)14-25/h6-10,20H,11-15H2,1-5H3. The van der Waals surface area contributed by atoms with Gasteiger partial charge in [0, 0.05) is 29.7 Å². The molecule has 2 aromatic rings. The molecule has 2 heterocycles. The van der Waals surface area contributed by atoms with Crippen molar-refractivity contribution in [1.82, 2.24) is 9.47 Å². The Kier molecular flexibility index (Phi) is 5.23. The van der Waals surface area contributed by atoms with Gasteiger partial charge in [0.2, 0.25) is 0 Å². The molecule has 0 radical (unpaired) electrons. The van der Waals surface area contributed by atoms with Gasteiger partial charge in [-0.1, -0.05) is 20.8 Å². The summed E-state index contributed by atoms with van der Waals surface area (Å²) in [4.78, 5) is 27.6. The van der Waals surface area contributed by atoms with E-state index in [1.54, 1.807) is 18.2 Å². The van der Waals surface area contributed by atoms with Gasteiger partial charge in [0.15, 0.2) is 6.61 Å². The Balaban J connectivity index is 1.44. The van der Waals surface area contributed by atoms with E-state index in [9.17, 15) is 14.0 Å². The number of ether oxygens (including phenoxy) is 1. The highest BCUT2D eigenvalue weighted by atomic mass is 19.1. The van der Waals surface area contributed by atoms with Crippen LogP contribution in [-0.2, 0) is 9.53 Å². The number of carbonyl (C=O) groups excluding carboxylic acids is 2. The van der Waals surface area contributed by atoms with Crippen molar-refractivity contribution in [3.63, 3.8) is 0 Å². The van der Waals surface area contributed by atoms with Crippen molar-refractivity contribution in [3.8, 4) is 5.69 Å². The Morgan fingerprint density at radius 3 is 2.48 bits per heavy atom. The maximum atomic E-state index is 13.3. The first-order chi connectivity index (χ1) is 14.5. The third kappa shape index (κ3) is 4.12. The molecule has 1 aromatic carbocycles. The molecule has 4 rings (SSSR count). The van der Waals surface area contributed by atoms with Crippen LogP contribution >= 0.6 is 0 Å². The van der Waals surface area contributed by atoms with Gasteiger partial charge in [-0.25, -0.2) is 9.18 Å². The number of hydrogen-bond donors (Lipinski definition) is 0. The molecule has 1 aliphatic carbocycles. The van der Waals surface area contributed by atoms with Crippen molar-refractivity contribution >= 4 is 11.9 Å². The number of aromatic nitrogens is 1. The molecule has 1 aromatic heterocycles. The van der Waals surface area contributed by atoms with Gasteiger partial charge in [-0.3, -0.25) is 4.79 Å². The van der Waals surface area contributed by atoms with Crippen LogP contribution in [0.25, 0.3) is 5.69 Å². The summed E-state index contributed by atoms with van der Waals surface area (Å²) in [6.07, 6.45) is 3.12. The largest absolute Gasteiger partial charge is 0.452 e. The first kappa shape index (κ1) is 21.6. The molecule has 31 heavy (non-hydrogen) atoms. The highest BCUT2D eigenvalue weighted by molar-refractivity contribution is 5.93. The Morgan fingerprint density at radius 2 is 1.81 bits per heavy atom. The summed E-state index contributed by atoms with van der Waals surface area (Å²) in [5.74, 6) is -0.941. The summed E-state index contributed by atoms with van der Waals surface area (Å²) in [5, 5.41) is 0. The van der Waals surface area contributed by atoms with Gasteiger partial charge < -0.3 is 14.2 Å². The van der Waals surface area contributed by atoms with Crippen molar-refractivity contribution in [2.24, 2.45) is 10.8 Å². The smallest absolute Gasteiger partial charge is 0.340 e. The normalized spacial score (nSPS) is 24.3. The zero-order valence-corrected chi connectivity index (χ0v) is 19.0. The number of nitrogens with zero attached hydrogens (tertiary/aromatic N) is 2. The van der Waals surface area contributed by atoms with Gasteiger partial charge in [0.1, 0.15) is 5.82 Å². The van der Waals surface area contributed by atoms with Crippen LogP contribution in [-0.4, -0.2) is 40.5 Å². The maximum Gasteiger partial charge on any atom is 0.340 e. The van der Waals surface area contributed by atoms with Crippen molar-refractivity contribution in [2.45, 2.75) is 59.9 Å². The van der Waals surface area contributed by atoms with E-state index in [1.807, 2.05) is 23.3 Å². The molecular weight excluding hydrogens is 395 g/mol. The molecule has 1 aliphatic heterocycles. The first-order valence-electron chi connectivity index (χ1n) is 10.9. The number of benzene rings is 1. The molecule has 2 aliphatic rings. The molecule has 2 unspecified atom stereocenters. The zero-order chi connectivity index (χ0) is 22.6. The molecule has 1 saturated carbocycles. The second-order valence-corrected chi connectivity index (χ2v) is 10.4. The van der Waals surface area contributed by atoms with Crippen LogP contribution in [0.2, 0.25) is 0 Å². The lowest BCUT2D eigenvalue weighted by atomic mass is 9.65. The maximum absolute atomic E-state index is 13.3. The third-order valence-corrected chi connectivity index (χ3v) is 6.80. The van der Waals surface area contributed by atoms with E-state index in [2.05, 4.69) is 20.8 Å². The molecule has 1 saturated heterocycles. The number of halogens is 1. The highest BCUT2D eigenvalue weighted by Gasteiger charge is 2.50. The minimum atomic E-state index is -0.511. The molecule has 2 atom stereocenters. The van der Waals surface area contributed by atoms with Crippen LogP contribution in [0.4, 0.5) is 4.39 Å². The Hall–Kier alpha value is -2.63. The molecule has 2 bridgehead atoms. The van der Waals surface area contributed by atoms with Crippen molar-refractivity contribution in [3.05, 3.63) is 53.1 Å². The fourth-order valence-electron chi connectivity index (χ4n) is 6.00. The van der Waals surface area contributed by atoms with Crippen molar-refractivity contribution in [1.29, 1.82) is 0 Å². The van der Waals surface area contributed by atoms with Crippen LogP contribution in [0.1, 0.15) is 61.8 Å². The van der Waals surface area contributed by atoms with Crippen molar-refractivity contribution < 1.29 is 18.7 Å². The summed E-state index contributed by atoms with van der Waals surface area (Å²) in [5.41, 5.74) is 3.10. The van der Waals surface area contributed by atoms with Crippen LogP contribution in [0.15, 0.2) is 30.3 Å². The zero-order valence-electron chi connectivity index (χ0n) is 19.0. The minimum Gasteiger partial charge on any atom is -0.452 e. The number of fused-ring (bicyclic) bond motifs is 2. The minimum absolute atomic E-state index is 0.118. The summed E-state index contributed by atoms with van der Waals surface area (Å²) >= 11 is 0. The average Bonchev–Trinajstić information content (AvgIpc) is 3.11. The number of esters is 1. The lowest BCUT2D eigenvalue weighted by Gasteiger charge is -2.39. The van der Waals surface area contributed by atoms with Crippen LogP contribution in [0.3, 0.4) is 0 Å². The predicted molar refractivity (Wildman–Crippen MR) is 117 cm³/mol. The molecule has 0 spiro atoms. The van der Waals surface area contributed by atoms with E-state index in [4.69, 9.17) is 4.74 Å². The fraction of sp³-hybridized carbons (Fsp3) is 0.520. The van der Waals surface area contributed by atoms with E-state index in [0.29, 0.717) is 11.3 Å². The topological polar surface area (TPSA) is 51.5 Å². The number of aryl methyl sites for hydroxylation is 1. The summed E-state index contributed by atoms with van der Waals surface area (Å²) in [6.45, 7) is 11.0. The van der Waals surface area contributed by atoms with E-state index in [0.717, 1.165) is 37.2 Å². The van der Waals surface area contributed by atoms with Crippen LogP contribution < -0.4 is 0 Å². The van der Waals surface area contributed by atoms with E-state index >= 15 is 0 Å². The number of hydrogen-bond acceptors (Lipinski definition) is 3. The van der Waals surface area contributed by atoms with Crippen LogP contribution in [0.5, 0.6) is 0 Å². The molecule has 0 N–H and O–H groups in total. The van der Waals surface area contributed by atoms with Gasteiger partial charge >= 0.3 is 5.97 Å². The predicted octanol–water partition coefficient (Wildman–Crippen LogP) is 4.82. The molecule has 5 nitrogen and oxygen atoms in total. The summed E-state index contributed by atoms with van der Waals surface area (Å²) in [7, 11) is 0. The SMILES string of the molecule is Cc1cc(C(=O)OCC(=O)N2CC3(C)CC2CC(C)(C)C3)c(C)n1-c1ccc(F)cc1. The van der Waals surface area contributed by atoms with Gasteiger partial charge in [-0.15, -0.1) is 0 Å². The fourth-order valence-corrected chi connectivity index (χ4v) is 6.00. The number of rotatable bonds is 4. The molecule has 1 amide bonds. The highest BCUT2D eigenvalue weighted by Crippen LogP contribution is 2.52. The quantitative estimate of drug-likeness (QED) is 0.659. The lowest BCUT2D eigenvalue weighted by Crippen LogP contribution is -2.39. The van der Waals surface area contributed by atoms with Crippen molar-refractivity contribution in [2.75, 3.05) is 13.2 Å². The third-order valence-electron chi connectivity index (χ3n) is 6.80. The Bertz CT molecular complexity index is 1020. The number of amides is 1. The monoisotopic (exact) mass is 426 g/mol. The summed E-state index contributed by atoms with van der Waals surface area (Å²) in [6, 6.07) is 8.09. The van der Waals surface area contributed by atoms with Gasteiger partial charge in [-0.05, 0) is 74.3 Å². The average molecular weight is 427 g/mol. The number of carbonyl (C=O) groups is 2. The van der Waals surface area contributed by atoms with E-state index in [-0.39, 0.29) is 35.2 Å². The molecular formula is C25H31FN2O3. The van der Waals surface area contributed by atoms with E-state index in [1.165, 1.54) is 12.1 Å². The Labute approximate surface area is 183 Å². The molecule has 6 heteroatoms. The molecule has 2 fully saturated rings. The lowest BCUT2D eigenvalue weighted by molar-refractivity contribution is -0.135. The van der Waals surface area contributed by atoms with Gasteiger partial charge in [-0.2, -0.15) is 0 Å². The second kappa shape index (κ2) is 7.50. The van der Waals surface area contributed by atoms with Gasteiger partial charge in [0.05, 0.1) is 5.56 Å². The molecule has 166 valence electrons. The number of likely N-dealkylation sites (tertiary alicyclic amines) is 1. The summed E-state index contributed by atoms with van der Waals surface area (Å²) < 4.78 is 20.6. The Morgan fingerprint density at radius 1 is 1.13 bits per heavy atom. The first-order valence-corrected chi connectivity index (χ1v) is 10.9.